The predicted molar refractivity (Wildman–Crippen MR) is 214 cm³/mol. The van der Waals surface area contributed by atoms with Crippen molar-refractivity contribution in [2.75, 3.05) is 13.2 Å². The molecule has 5 rings (SSSR count). The lowest BCUT2D eigenvalue weighted by atomic mass is 10.0. The molecule has 0 atom stereocenters. The Labute approximate surface area is 300 Å². The van der Waals surface area contributed by atoms with E-state index in [2.05, 4.69) is 123 Å². The summed E-state index contributed by atoms with van der Waals surface area (Å²) in [6, 6.07) is 31.4. The van der Waals surface area contributed by atoms with Crippen LogP contribution in [0.5, 0.6) is 11.5 Å². The van der Waals surface area contributed by atoms with Gasteiger partial charge in [0.15, 0.2) is 0 Å². The van der Waals surface area contributed by atoms with Gasteiger partial charge in [0.25, 0.3) is 0 Å². The average Bonchev–Trinajstić information content (AvgIpc) is 3.15. The van der Waals surface area contributed by atoms with E-state index in [9.17, 15) is 0 Å². The summed E-state index contributed by atoms with van der Waals surface area (Å²) in [6.07, 6.45) is 17.0. The van der Waals surface area contributed by atoms with Gasteiger partial charge >= 0.3 is 0 Å². The fraction of sp³-hybridized carbons (Fsp3) is 0.333. The van der Waals surface area contributed by atoms with Crippen LogP contribution in [0.4, 0.5) is 0 Å². The average molecular weight is 661 g/mol. The number of hydrogen-bond donors (Lipinski definition) is 0. The third-order valence-corrected chi connectivity index (χ3v) is 9.12. The van der Waals surface area contributed by atoms with Crippen molar-refractivity contribution in [3.05, 3.63) is 125 Å². The van der Waals surface area contributed by atoms with Crippen molar-refractivity contribution >= 4 is 27.6 Å². The van der Waals surface area contributed by atoms with Crippen molar-refractivity contribution in [2.45, 2.75) is 90.9 Å². The number of fused-ring (bicyclic) bond motifs is 2. The Balaban J connectivity index is 1.17. The van der Waals surface area contributed by atoms with Crippen LogP contribution >= 0.6 is 0 Å². The second kappa shape index (κ2) is 19.9. The Morgan fingerprint density at radius 1 is 0.460 bits per heavy atom. The van der Waals surface area contributed by atoms with Crippen LogP contribution in [-0.2, 0) is 0 Å². The highest BCUT2D eigenvalue weighted by Crippen LogP contribution is 2.24. The molecule has 0 aliphatic heterocycles. The zero-order valence-electron chi connectivity index (χ0n) is 30.2. The number of ether oxygens (including phenoxy) is 2. The number of benzene rings is 5. The quantitative estimate of drug-likeness (QED) is 0.0730. The van der Waals surface area contributed by atoms with E-state index >= 15 is 0 Å². The van der Waals surface area contributed by atoms with E-state index in [0.717, 1.165) is 86.9 Å². The molecule has 0 bridgehead atoms. The van der Waals surface area contributed by atoms with Gasteiger partial charge in [0.05, 0.1) is 13.2 Å². The van der Waals surface area contributed by atoms with Gasteiger partial charge in [-0.1, -0.05) is 139 Å². The van der Waals surface area contributed by atoms with E-state index in [1.165, 1.54) is 64.2 Å². The van der Waals surface area contributed by atoms with Gasteiger partial charge in [-0.05, 0) is 107 Å². The molecular weight excluding hydrogens is 609 g/mol. The Morgan fingerprint density at radius 2 is 0.880 bits per heavy atom. The minimum Gasteiger partial charge on any atom is -0.494 e. The molecule has 0 radical (unpaired) electrons. The monoisotopic (exact) mass is 660 g/mol. The molecule has 5 aromatic rings. The molecule has 0 aromatic heterocycles. The van der Waals surface area contributed by atoms with E-state index in [4.69, 9.17) is 9.47 Å². The van der Waals surface area contributed by atoms with Gasteiger partial charge in [-0.15, -0.1) is 0 Å². The molecule has 0 amide bonds. The molecule has 2 nitrogen and oxygen atoms in total. The fourth-order valence-electron chi connectivity index (χ4n) is 6.13. The molecule has 2 heteroatoms. The summed E-state index contributed by atoms with van der Waals surface area (Å²) in [4.78, 5) is 0. The van der Waals surface area contributed by atoms with Gasteiger partial charge in [0.2, 0.25) is 0 Å². The van der Waals surface area contributed by atoms with Crippen molar-refractivity contribution < 1.29 is 9.47 Å². The van der Waals surface area contributed by atoms with Crippen molar-refractivity contribution in [3.63, 3.8) is 0 Å². The Kier molecular flexibility index (Phi) is 14.5. The first kappa shape index (κ1) is 36.4. The summed E-state index contributed by atoms with van der Waals surface area (Å²) >= 11 is 0. The summed E-state index contributed by atoms with van der Waals surface area (Å²) < 4.78 is 12.1. The van der Waals surface area contributed by atoms with Crippen LogP contribution in [0.25, 0.3) is 27.6 Å². The smallest absolute Gasteiger partial charge is 0.119 e. The lowest BCUT2D eigenvalue weighted by molar-refractivity contribution is 0.304. The maximum atomic E-state index is 6.03. The summed E-state index contributed by atoms with van der Waals surface area (Å²) in [6.45, 7) is 10.1. The highest BCUT2D eigenvalue weighted by atomic mass is 16.5. The zero-order chi connectivity index (χ0) is 34.8. The molecule has 0 saturated heterocycles. The fourth-order valence-corrected chi connectivity index (χ4v) is 6.13. The summed E-state index contributed by atoms with van der Waals surface area (Å²) in [5, 5.41) is 4.64. The molecule has 50 heavy (non-hydrogen) atoms. The highest BCUT2D eigenvalue weighted by Gasteiger charge is 2.03. The van der Waals surface area contributed by atoms with Gasteiger partial charge in [0, 0.05) is 22.3 Å². The molecule has 0 spiro atoms. The Morgan fingerprint density at radius 3 is 1.40 bits per heavy atom. The SMILES string of the molecule is C=Cc1cc(C#Cc2ccc3cc(OCCCCCCCC)ccc3c2)ccc1C#Cc1ccc2cc(OCCCCCCCC)ccc2c1. The number of unbranched alkanes of at least 4 members (excludes halogenated alkanes) is 10. The molecule has 0 heterocycles. The number of hydrogen-bond acceptors (Lipinski definition) is 2. The molecular formula is C48H52O2. The summed E-state index contributed by atoms with van der Waals surface area (Å²) in [5.41, 5.74) is 4.80. The van der Waals surface area contributed by atoms with Gasteiger partial charge in [-0.25, -0.2) is 0 Å². The molecule has 0 aliphatic rings. The summed E-state index contributed by atoms with van der Waals surface area (Å²) in [5.74, 6) is 15.3. The van der Waals surface area contributed by atoms with Crippen molar-refractivity contribution in [1.29, 1.82) is 0 Å². The van der Waals surface area contributed by atoms with Crippen LogP contribution < -0.4 is 9.47 Å². The lowest BCUT2D eigenvalue weighted by Gasteiger charge is -2.08. The van der Waals surface area contributed by atoms with Gasteiger partial charge in [-0.3, -0.25) is 0 Å². The van der Waals surface area contributed by atoms with Crippen molar-refractivity contribution in [2.24, 2.45) is 0 Å². The maximum Gasteiger partial charge on any atom is 0.119 e. The van der Waals surface area contributed by atoms with E-state index in [1.54, 1.807) is 0 Å². The van der Waals surface area contributed by atoms with E-state index < -0.39 is 0 Å². The third-order valence-electron chi connectivity index (χ3n) is 9.12. The zero-order valence-corrected chi connectivity index (χ0v) is 30.2. The second-order valence-electron chi connectivity index (χ2n) is 13.2. The van der Waals surface area contributed by atoms with E-state index in [0.29, 0.717) is 0 Å². The minimum absolute atomic E-state index is 0.775. The normalized spacial score (nSPS) is 10.7. The Hall–Kier alpha value is -4.92. The van der Waals surface area contributed by atoms with Crippen molar-refractivity contribution in [1.82, 2.24) is 0 Å². The molecule has 0 N–H and O–H groups in total. The van der Waals surface area contributed by atoms with E-state index in [-0.39, 0.29) is 0 Å². The minimum atomic E-state index is 0.775. The lowest BCUT2D eigenvalue weighted by Crippen LogP contribution is -1.97. The molecule has 0 fully saturated rings. The maximum absolute atomic E-state index is 6.03. The molecule has 0 aliphatic carbocycles. The largest absolute Gasteiger partial charge is 0.494 e. The second-order valence-corrected chi connectivity index (χ2v) is 13.2. The Bertz CT molecular complexity index is 1980. The van der Waals surface area contributed by atoms with Crippen LogP contribution in [0.1, 0.15) is 119 Å². The van der Waals surface area contributed by atoms with Crippen molar-refractivity contribution in [3.8, 4) is 35.2 Å². The van der Waals surface area contributed by atoms with Crippen LogP contribution in [0.3, 0.4) is 0 Å². The van der Waals surface area contributed by atoms with Crippen LogP contribution in [0, 0.1) is 23.7 Å². The van der Waals surface area contributed by atoms with Crippen LogP contribution in [0.2, 0.25) is 0 Å². The topological polar surface area (TPSA) is 18.5 Å². The predicted octanol–water partition coefficient (Wildman–Crippen LogP) is 12.9. The molecule has 0 unspecified atom stereocenters. The van der Waals surface area contributed by atoms with Gasteiger partial charge in [0.1, 0.15) is 11.5 Å². The molecule has 256 valence electrons. The first-order valence-corrected chi connectivity index (χ1v) is 18.8. The van der Waals surface area contributed by atoms with Crippen LogP contribution in [0.15, 0.2) is 97.6 Å². The van der Waals surface area contributed by atoms with Gasteiger partial charge in [-0.2, -0.15) is 0 Å². The molecule has 5 aromatic carbocycles. The van der Waals surface area contributed by atoms with Gasteiger partial charge < -0.3 is 9.47 Å². The van der Waals surface area contributed by atoms with Crippen LogP contribution in [-0.4, -0.2) is 13.2 Å². The third kappa shape index (κ3) is 11.3. The first-order chi connectivity index (χ1) is 24.6. The van der Waals surface area contributed by atoms with E-state index in [1.807, 2.05) is 18.2 Å². The highest BCUT2D eigenvalue weighted by molar-refractivity contribution is 5.86. The standard InChI is InChI=1S/C48H52O2/c1-4-7-9-11-13-15-31-49-47-29-27-43-34-39(21-25-45(43)36-47)18-17-38-19-23-42(41(6-3)33-38)24-20-40-22-26-46-37-48(30-28-44(46)35-40)50-32-16-14-12-10-8-5-2/h6,19,21-23,25-30,33-37H,3-5,7-16,31-32H2,1-2H3. The number of rotatable bonds is 17. The molecule has 0 saturated carbocycles. The summed E-state index contributed by atoms with van der Waals surface area (Å²) in [7, 11) is 0. The first-order valence-electron chi connectivity index (χ1n) is 18.8.